The summed E-state index contributed by atoms with van der Waals surface area (Å²) in [5.74, 6) is 0.0834. The Hall–Kier alpha value is -0.280. The van der Waals surface area contributed by atoms with Crippen LogP contribution in [-0.4, -0.2) is 62.4 Å². The molecule has 2 aliphatic rings. The molecular formula is C12H23N3O3S2. The molecule has 0 radical (unpaired) electrons. The first-order valence-corrected chi connectivity index (χ1v) is 9.13. The van der Waals surface area contributed by atoms with E-state index in [1.54, 1.807) is 0 Å². The molecule has 3 N–H and O–H groups in total. The van der Waals surface area contributed by atoms with Gasteiger partial charge in [0.15, 0.2) is 0 Å². The van der Waals surface area contributed by atoms with E-state index < -0.39 is 10.0 Å². The second kappa shape index (κ2) is 7.13. The molecule has 0 aliphatic carbocycles. The number of nitrogens with two attached hydrogens (primary N) is 1. The number of hydrogen-bond donors (Lipinski definition) is 2. The first-order chi connectivity index (χ1) is 9.44. The molecule has 0 aromatic rings. The van der Waals surface area contributed by atoms with Crippen molar-refractivity contribution in [2.75, 3.05) is 32.0 Å². The summed E-state index contributed by atoms with van der Waals surface area (Å²) in [5, 5.41) is 0. The summed E-state index contributed by atoms with van der Waals surface area (Å²) >= 11 is 4.88. The Kier molecular flexibility index (Phi) is 5.74. The van der Waals surface area contributed by atoms with Gasteiger partial charge in [0.2, 0.25) is 10.0 Å². The van der Waals surface area contributed by atoms with Crippen LogP contribution in [0, 0.1) is 0 Å². The second-order valence-electron chi connectivity index (χ2n) is 5.55. The van der Waals surface area contributed by atoms with Crippen LogP contribution in [0.15, 0.2) is 0 Å². The lowest BCUT2D eigenvalue weighted by molar-refractivity contribution is 0.127. The lowest BCUT2D eigenvalue weighted by Gasteiger charge is -2.31. The molecule has 0 aromatic carbocycles. The Morgan fingerprint density at radius 3 is 2.60 bits per heavy atom. The van der Waals surface area contributed by atoms with Crippen LogP contribution in [0.25, 0.3) is 0 Å². The summed E-state index contributed by atoms with van der Waals surface area (Å²) < 4.78 is 32.3. The van der Waals surface area contributed by atoms with Crippen LogP contribution in [0.3, 0.4) is 0 Å². The molecule has 20 heavy (non-hydrogen) atoms. The summed E-state index contributed by atoms with van der Waals surface area (Å²) in [5.41, 5.74) is 5.52. The largest absolute Gasteiger partial charge is 0.392 e. The van der Waals surface area contributed by atoms with Gasteiger partial charge < -0.3 is 10.5 Å². The van der Waals surface area contributed by atoms with Gasteiger partial charge in [0, 0.05) is 32.3 Å². The van der Waals surface area contributed by atoms with E-state index in [2.05, 4.69) is 9.62 Å². The predicted molar refractivity (Wildman–Crippen MR) is 82.1 cm³/mol. The van der Waals surface area contributed by atoms with E-state index in [9.17, 15) is 8.42 Å². The van der Waals surface area contributed by atoms with Crippen molar-refractivity contribution in [2.45, 2.75) is 37.8 Å². The third-order valence-electron chi connectivity index (χ3n) is 3.74. The van der Waals surface area contributed by atoms with E-state index >= 15 is 0 Å². The fraction of sp³-hybridized carbons (Fsp3) is 0.917. The van der Waals surface area contributed by atoms with Crippen molar-refractivity contribution in [3.8, 4) is 0 Å². The molecule has 1 unspecified atom stereocenters. The molecule has 6 nitrogen and oxygen atoms in total. The van der Waals surface area contributed by atoms with Crippen LogP contribution in [0.5, 0.6) is 0 Å². The van der Waals surface area contributed by atoms with Gasteiger partial charge in [-0.15, -0.1) is 0 Å². The van der Waals surface area contributed by atoms with Crippen LogP contribution >= 0.6 is 12.2 Å². The molecule has 2 saturated heterocycles. The predicted octanol–water partition coefficient (Wildman–Crippen LogP) is -0.165. The molecule has 0 amide bonds. The first kappa shape index (κ1) is 16.1. The van der Waals surface area contributed by atoms with E-state index in [4.69, 9.17) is 22.7 Å². The molecule has 0 aromatic heterocycles. The van der Waals surface area contributed by atoms with E-state index in [0.29, 0.717) is 18.1 Å². The lowest BCUT2D eigenvalue weighted by Crippen LogP contribution is -2.47. The number of piperidine rings is 1. The molecule has 2 heterocycles. The number of likely N-dealkylation sites (tertiary alicyclic amines) is 1. The Labute approximate surface area is 126 Å². The van der Waals surface area contributed by atoms with E-state index in [1.807, 2.05) is 0 Å². The smallest absolute Gasteiger partial charge is 0.214 e. The highest BCUT2D eigenvalue weighted by atomic mass is 32.2. The van der Waals surface area contributed by atoms with Crippen molar-refractivity contribution in [1.82, 2.24) is 9.62 Å². The third-order valence-corrected chi connectivity index (χ3v) is 5.37. The number of hydrogen-bond acceptors (Lipinski definition) is 5. The average Bonchev–Trinajstić information content (AvgIpc) is 2.82. The minimum Gasteiger partial charge on any atom is -0.392 e. The molecule has 0 bridgehead atoms. The van der Waals surface area contributed by atoms with E-state index in [-0.39, 0.29) is 17.9 Å². The normalized spacial score (nSPS) is 25.9. The zero-order chi connectivity index (χ0) is 14.6. The van der Waals surface area contributed by atoms with Gasteiger partial charge in [0.1, 0.15) is 0 Å². The minimum absolute atomic E-state index is 0.0176. The third kappa shape index (κ3) is 5.25. The maximum Gasteiger partial charge on any atom is 0.214 e. The van der Waals surface area contributed by atoms with Gasteiger partial charge in [-0.3, -0.25) is 4.90 Å². The fourth-order valence-corrected chi connectivity index (χ4v) is 4.53. The minimum atomic E-state index is -3.25. The summed E-state index contributed by atoms with van der Waals surface area (Å²) in [6, 6.07) is 0.0176. The molecule has 8 heteroatoms. The van der Waals surface area contributed by atoms with Gasteiger partial charge in [0.05, 0.1) is 16.8 Å². The Morgan fingerprint density at radius 1 is 1.35 bits per heavy atom. The van der Waals surface area contributed by atoms with Crippen molar-refractivity contribution in [1.29, 1.82) is 0 Å². The molecule has 116 valence electrons. The van der Waals surface area contributed by atoms with E-state index in [0.717, 1.165) is 38.8 Å². The van der Waals surface area contributed by atoms with Crippen molar-refractivity contribution in [3.63, 3.8) is 0 Å². The summed E-state index contributed by atoms with van der Waals surface area (Å²) in [6.07, 6.45) is 3.26. The highest BCUT2D eigenvalue weighted by Crippen LogP contribution is 2.15. The summed E-state index contributed by atoms with van der Waals surface area (Å²) in [6.45, 7) is 2.94. The van der Waals surface area contributed by atoms with Crippen molar-refractivity contribution < 1.29 is 13.2 Å². The Bertz CT molecular complexity index is 427. The number of ether oxygens (including phenoxy) is 1. The average molecular weight is 321 g/mol. The number of sulfonamides is 1. The molecule has 0 spiro atoms. The van der Waals surface area contributed by atoms with Crippen molar-refractivity contribution in [2.24, 2.45) is 5.73 Å². The Balaban J connectivity index is 1.75. The second-order valence-corrected chi connectivity index (χ2v) is 7.87. The van der Waals surface area contributed by atoms with Gasteiger partial charge in [-0.05, 0) is 25.7 Å². The number of nitrogens with one attached hydrogen (secondary N) is 1. The van der Waals surface area contributed by atoms with Gasteiger partial charge in [-0.1, -0.05) is 12.2 Å². The van der Waals surface area contributed by atoms with Crippen LogP contribution < -0.4 is 10.5 Å². The first-order valence-electron chi connectivity index (χ1n) is 7.07. The highest BCUT2D eigenvalue weighted by Gasteiger charge is 2.27. The number of rotatable bonds is 6. The molecule has 2 aliphatic heterocycles. The van der Waals surface area contributed by atoms with Crippen LogP contribution in [0.4, 0.5) is 0 Å². The monoisotopic (exact) mass is 321 g/mol. The quantitative estimate of drug-likeness (QED) is 0.661. The van der Waals surface area contributed by atoms with Crippen LogP contribution in [0.2, 0.25) is 0 Å². The molecule has 1 atom stereocenters. The number of thiocarbonyl (C=S) groups is 1. The molecule has 2 rings (SSSR count). The lowest BCUT2D eigenvalue weighted by atomic mass is 10.1. The fourth-order valence-electron chi connectivity index (χ4n) is 2.75. The summed E-state index contributed by atoms with van der Waals surface area (Å²) in [7, 11) is -3.25. The molecule has 0 saturated carbocycles. The SMILES string of the molecule is NC(=S)CN1CCC(NS(=O)(=O)CC2CCCO2)CC1. The topological polar surface area (TPSA) is 84.7 Å². The van der Waals surface area contributed by atoms with Gasteiger partial charge in [-0.2, -0.15) is 0 Å². The zero-order valence-electron chi connectivity index (χ0n) is 11.6. The van der Waals surface area contributed by atoms with Gasteiger partial charge in [0.25, 0.3) is 0 Å². The van der Waals surface area contributed by atoms with Gasteiger partial charge in [-0.25, -0.2) is 13.1 Å². The maximum atomic E-state index is 12.1. The summed E-state index contributed by atoms with van der Waals surface area (Å²) in [4.78, 5) is 2.65. The van der Waals surface area contributed by atoms with Crippen LogP contribution in [-0.2, 0) is 14.8 Å². The Morgan fingerprint density at radius 2 is 2.05 bits per heavy atom. The van der Waals surface area contributed by atoms with Gasteiger partial charge >= 0.3 is 0 Å². The maximum absolute atomic E-state index is 12.1. The standard InChI is InChI=1S/C12H23N3O3S2/c13-12(19)8-15-5-3-10(4-6-15)14-20(16,17)9-11-2-1-7-18-11/h10-11,14H,1-9H2,(H2,13,19). The molecule has 2 fully saturated rings. The van der Waals surface area contributed by atoms with Crippen LogP contribution in [0.1, 0.15) is 25.7 Å². The van der Waals surface area contributed by atoms with E-state index in [1.165, 1.54) is 0 Å². The highest BCUT2D eigenvalue weighted by molar-refractivity contribution is 7.89. The zero-order valence-corrected chi connectivity index (χ0v) is 13.2. The molecular weight excluding hydrogens is 298 g/mol. The van der Waals surface area contributed by atoms with Crippen molar-refractivity contribution >= 4 is 27.2 Å². The van der Waals surface area contributed by atoms with Crippen molar-refractivity contribution in [3.05, 3.63) is 0 Å². The number of nitrogens with zero attached hydrogens (tertiary/aromatic N) is 1.